The first-order chi connectivity index (χ1) is 17.4. The molecule has 0 fully saturated rings. The predicted molar refractivity (Wildman–Crippen MR) is 133 cm³/mol. The maximum atomic E-state index is 12.8. The van der Waals surface area contributed by atoms with E-state index in [1.54, 1.807) is 24.4 Å². The molecule has 4 heterocycles. The average molecular weight is 505 g/mol. The molecule has 0 saturated carbocycles. The number of rotatable bonds is 6. The highest BCUT2D eigenvalue weighted by Gasteiger charge is 2.23. The number of carbonyl (C=O) groups is 1. The van der Waals surface area contributed by atoms with Gasteiger partial charge in [-0.2, -0.15) is 0 Å². The van der Waals surface area contributed by atoms with Gasteiger partial charge in [0.1, 0.15) is 0 Å². The van der Waals surface area contributed by atoms with Gasteiger partial charge in [-0.15, -0.1) is 0 Å². The van der Waals surface area contributed by atoms with Crippen molar-refractivity contribution in [2.75, 3.05) is 19.0 Å². The van der Waals surface area contributed by atoms with Crippen molar-refractivity contribution in [3.8, 4) is 17.3 Å². The molecule has 3 aromatic heterocycles. The van der Waals surface area contributed by atoms with Crippen molar-refractivity contribution in [3.05, 3.63) is 77.6 Å². The summed E-state index contributed by atoms with van der Waals surface area (Å²) in [5, 5.41) is 3.67. The molecule has 5 rings (SSSR count). The summed E-state index contributed by atoms with van der Waals surface area (Å²) in [6.45, 7) is 2.93. The maximum absolute atomic E-state index is 12.8. The summed E-state index contributed by atoms with van der Waals surface area (Å²) in [7, 11) is -3.50. The molecule has 1 amide bonds. The van der Waals surface area contributed by atoms with Crippen molar-refractivity contribution in [2.24, 2.45) is 0 Å². The van der Waals surface area contributed by atoms with Gasteiger partial charge in [-0.1, -0.05) is 12.1 Å². The number of hydrogen-bond acceptors (Lipinski definition) is 8. The molecule has 9 nitrogen and oxygen atoms in total. The normalized spacial score (nSPS) is 14.6. The molecular formula is C26H24N4O5S. The number of benzene rings is 1. The van der Waals surface area contributed by atoms with E-state index in [9.17, 15) is 13.2 Å². The van der Waals surface area contributed by atoms with E-state index in [2.05, 4.69) is 15.3 Å². The zero-order chi connectivity index (χ0) is 25.1. The van der Waals surface area contributed by atoms with Crippen molar-refractivity contribution in [3.63, 3.8) is 0 Å². The van der Waals surface area contributed by atoms with E-state index >= 15 is 0 Å². The molecule has 0 saturated heterocycles. The van der Waals surface area contributed by atoms with Crippen LogP contribution < -0.4 is 10.1 Å². The van der Waals surface area contributed by atoms with E-state index in [1.807, 2.05) is 37.3 Å². The second kappa shape index (κ2) is 10.00. The molecule has 0 unspecified atom stereocenters. The molecule has 0 radical (unpaired) electrons. The molecule has 10 heteroatoms. The lowest BCUT2D eigenvalue weighted by molar-refractivity contribution is 0.0950. The Morgan fingerprint density at radius 2 is 1.94 bits per heavy atom. The van der Waals surface area contributed by atoms with Crippen molar-refractivity contribution >= 4 is 26.6 Å². The van der Waals surface area contributed by atoms with Crippen LogP contribution in [0.2, 0.25) is 0 Å². The van der Waals surface area contributed by atoms with Crippen LogP contribution in [0.15, 0.2) is 65.7 Å². The van der Waals surface area contributed by atoms with Crippen LogP contribution in [0.3, 0.4) is 0 Å². The average Bonchev–Trinajstić information content (AvgIpc) is 3.04. The van der Waals surface area contributed by atoms with Crippen LogP contribution in [0, 0.1) is 0 Å². The van der Waals surface area contributed by atoms with Gasteiger partial charge in [0, 0.05) is 23.2 Å². The number of hydrogen-bond donors (Lipinski definition) is 1. The fourth-order valence-corrected chi connectivity index (χ4v) is 5.31. The quantitative estimate of drug-likeness (QED) is 0.425. The summed E-state index contributed by atoms with van der Waals surface area (Å²) < 4.78 is 35.9. The third-order valence-electron chi connectivity index (χ3n) is 5.76. The van der Waals surface area contributed by atoms with E-state index in [-0.39, 0.29) is 36.0 Å². The predicted octanol–water partition coefficient (Wildman–Crippen LogP) is 3.32. The molecule has 36 heavy (non-hydrogen) atoms. The van der Waals surface area contributed by atoms with Gasteiger partial charge in [0.25, 0.3) is 5.91 Å². The van der Waals surface area contributed by atoms with Gasteiger partial charge in [-0.3, -0.25) is 9.78 Å². The summed E-state index contributed by atoms with van der Waals surface area (Å²) in [4.78, 5) is 26.6. The molecule has 4 aromatic rings. The third-order valence-corrected chi connectivity index (χ3v) is 7.51. The molecule has 0 bridgehead atoms. The zero-order valence-corrected chi connectivity index (χ0v) is 20.4. The molecule has 0 atom stereocenters. The minimum Gasteiger partial charge on any atom is -0.478 e. The number of carbonyl (C=O) groups excluding carboxylic acids is 1. The maximum Gasteiger partial charge on any atom is 0.251 e. The highest BCUT2D eigenvalue weighted by molar-refractivity contribution is 7.91. The number of nitrogens with zero attached hydrogens (tertiary/aromatic N) is 3. The third kappa shape index (κ3) is 5.05. The lowest BCUT2D eigenvalue weighted by Gasteiger charge is -2.10. The summed E-state index contributed by atoms with van der Waals surface area (Å²) in [6.07, 6.45) is 1.70. The Balaban J connectivity index is 1.34. The zero-order valence-electron chi connectivity index (χ0n) is 19.6. The number of aromatic nitrogens is 3. The van der Waals surface area contributed by atoms with E-state index in [0.717, 1.165) is 5.39 Å². The SMILES string of the molecule is CCOc1cccc(-c2ccc3cnc(CNC(=O)c4ccc5c(c4)S(=O)(=O)CCOC5)cc3n2)n1. The van der Waals surface area contributed by atoms with Crippen LogP contribution in [0.5, 0.6) is 5.88 Å². The molecule has 0 aliphatic carbocycles. The van der Waals surface area contributed by atoms with Gasteiger partial charge in [0.15, 0.2) is 9.84 Å². The van der Waals surface area contributed by atoms with Crippen molar-refractivity contribution in [2.45, 2.75) is 25.0 Å². The van der Waals surface area contributed by atoms with Crippen molar-refractivity contribution < 1.29 is 22.7 Å². The molecule has 1 aromatic carbocycles. The Morgan fingerprint density at radius 3 is 2.81 bits per heavy atom. The van der Waals surface area contributed by atoms with Crippen LogP contribution in [-0.4, -0.2) is 48.2 Å². The van der Waals surface area contributed by atoms with E-state index in [0.29, 0.717) is 40.6 Å². The van der Waals surface area contributed by atoms with E-state index in [1.165, 1.54) is 6.07 Å². The number of pyridine rings is 3. The molecule has 1 N–H and O–H groups in total. The summed E-state index contributed by atoms with van der Waals surface area (Å²) in [5.41, 5.74) is 3.54. The highest BCUT2D eigenvalue weighted by atomic mass is 32.2. The van der Waals surface area contributed by atoms with Gasteiger partial charge in [0.2, 0.25) is 5.88 Å². The van der Waals surface area contributed by atoms with E-state index < -0.39 is 15.7 Å². The second-order valence-corrected chi connectivity index (χ2v) is 10.3. The fourth-order valence-electron chi connectivity index (χ4n) is 3.92. The lowest BCUT2D eigenvalue weighted by Crippen LogP contribution is -2.23. The Bertz CT molecular complexity index is 1560. The molecule has 1 aliphatic rings. The largest absolute Gasteiger partial charge is 0.478 e. The number of nitrogens with one attached hydrogen (secondary N) is 1. The minimum atomic E-state index is -3.50. The summed E-state index contributed by atoms with van der Waals surface area (Å²) in [5.74, 6) is 0.0406. The van der Waals surface area contributed by atoms with Crippen molar-refractivity contribution in [1.82, 2.24) is 20.3 Å². The Morgan fingerprint density at radius 1 is 1.08 bits per heavy atom. The molecular weight excluding hydrogens is 480 g/mol. The molecule has 1 aliphatic heterocycles. The number of fused-ring (bicyclic) bond motifs is 2. The van der Waals surface area contributed by atoms with Crippen LogP contribution in [0.25, 0.3) is 22.3 Å². The van der Waals surface area contributed by atoms with E-state index in [4.69, 9.17) is 14.5 Å². The van der Waals surface area contributed by atoms with Crippen LogP contribution in [0.4, 0.5) is 0 Å². The van der Waals surface area contributed by atoms with Crippen LogP contribution in [0.1, 0.15) is 28.5 Å². The first kappa shape index (κ1) is 23.8. The molecule has 0 spiro atoms. The molecule has 184 valence electrons. The first-order valence-electron chi connectivity index (χ1n) is 11.5. The Labute approximate surface area is 208 Å². The topological polar surface area (TPSA) is 120 Å². The van der Waals surface area contributed by atoms with Gasteiger partial charge in [0.05, 0.1) is 59.6 Å². The van der Waals surface area contributed by atoms with Crippen LogP contribution in [-0.2, 0) is 27.7 Å². The monoisotopic (exact) mass is 504 g/mol. The Kier molecular flexibility index (Phi) is 6.62. The van der Waals surface area contributed by atoms with Crippen molar-refractivity contribution in [1.29, 1.82) is 0 Å². The Hall–Kier alpha value is -3.89. The fraction of sp³-hybridized carbons (Fsp3) is 0.231. The minimum absolute atomic E-state index is 0.105. The number of amides is 1. The van der Waals surface area contributed by atoms with Crippen LogP contribution >= 0.6 is 0 Å². The summed E-state index contributed by atoms with van der Waals surface area (Å²) >= 11 is 0. The van der Waals surface area contributed by atoms with Gasteiger partial charge in [-0.05, 0) is 48.9 Å². The van der Waals surface area contributed by atoms with Gasteiger partial charge < -0.3 is 14.8 Å². The standard InChI is InChI=1S/C26H24N4O5S/c1-2-35-25-5-3-4-21(30-25)22-9-8-18-14-27-20(13-23(18)29-22)15-28-26(31)17-6-7-19-16-34-10-11-36(32,33)24(19)12-17/h3-9,12-14H,2,10-11,15-16H2,1H3,(H,28,31). The van der Waals surface area contributed by atoms with Gasteiger partial charge >= 0.3 is 0 Å². The smallest absolute Gasteiger partial charge is 0.251 e. The lowest BCUT2D eigenvalue weighted by atomic mass is 10.1. The highest BCUT2D eigenvalue weighted by Crippen LogP contribution is 2.24. The number of sulfone groups is 1. The first-order valence-corrected chi connectivity index (χ1v) is 13.2. The second-order valence-electron chi connectivity index (χ2n) is 8.24. The van der Waals surface area contributed by atoms with Gasteiger partial charge in [-0.25, -0.2) is 18.4 Å². The summed E-state index contributed by atoms with van der Waals surface area (Å²) in [6, 6.07) is 15.8. The number of ether oxygens (including phenoxy) is 2.